The Morgan fingerprint density at radius 2 is 1.92 bits per heavy atom. The maximum absolute atomic E-state index is 9.81. The van der Waals surface area contributed by atoms with Crippen molar-refractivity contribution < 1.29 is 10.2 Å². The van der Waals surface area contributed by atoms with Gasteiger partial charge in [-0.25, -0.2) is 0 Å². The quantitative estimate of drug-likeness (QED) is 0.303. The van der Waals surface area contributed by atoms with E-state index >= 15 is 0 Å². The van der Waals surface area contributed by atoms with Crippen molar-refractivity contribution in [2.24, 2.45) is 5.92 Å². The molecule has 0 spiro atoms. The maximum atomic E-state index is 9.81. The van der Waals surface area contributed by atoms with Crippen LogP contribution in [0.3, 0.4) is 0 Å². The molecule has 1 aliphatic rings. The van der Waals surface area contributed by atoms with E-state index in [4.69, 9.17) is 0 Å². The van der Waals surface area contributed by atoms with Crippen LogP contribution in [0.4, 0.5) is 0 Å². The summed E-state index contributed by atoms with van der Waals surface area (Å²) >= 11 is 0. The minimum Gasteiger partial charge on any atom is -0.501 e. The minimum absolute atomic E-state index is 0.0612. The molecule has 0 saturated carbocycles. The van der Waals surface area contributed by atoms with Crippen LogP contribution in [0.15, 0.2) is 89.6 Å². The van der Waals surface area contributed by atoms with Crippen LogP contribution < -0.4 is 0 Å². The topological polar surface area (TPSA) is 43.7 Å². The van der Waals surface area contributed by atoms with Gasteiger partial charge in [0, 0.05) is 37.2 Å². The number of aliphatic hydroxyl groups excluding tert-OH is 1. The molecule has 1 aromatic carbocycles. The maximum Gasteiger partial charge on any atom is 0.167 e. The first-order valence-corrected chi connectivity index (χ1v) is 13.1. The fourth-order valence-electron chi connectivity index (χ4n) is 4.47. The lowest BCUT2D eigenvalue weighted by Gasteiger charge is -2.30. The molecular weight excluding hydrogens is 442 g/mol. The number of hydrogen-bond acceptors (Lipinski definition) is 3. The fourth-order valence-corrected chi connectivity index (χ4v) is 4.47. The third-order valence-corrected chi connectivity index (χ3v) is 6.59. The molecule has 36 heavy (non-hydrogen) atoms. The van der Waals surface area contributed by atoms with E-state index in [0.717, 1.165) is 41.8 Å². The van der Waals surface area contributed by atoms with E-state index in [1.807, 2.05) is 37.3 Å². The summed E-state index contributed by atoms with van der Waals surface area (Å²) < 4.78 is 0. The predicted molar refractivity (Wildman–Crippen MR) is 154 cm³/mol. The fraction of sp³-hybridized carbons (Fsp3) is 0.394. The third-order valence-electron chi connectivity index (χ3n) is 6.59. The van der Waals surface area contributed by atoms with Gasteiger partial charge < -0.3 is 10.2 Å². The molecule has 0 aromatic heterocycles. The number of hydrogen-bond donors (Lipinski definition) is 2. The second-order valence-electron chi connectivity index (χ2n) is 9.47. The Morgan fingerprint density at radius 1 is 1.14 bits per heavy atom. The van der Waals surface area contributed by atoms with Crippen LogP contribution in [0.2, 0.25) is 0 Å². The third kappa shape index (κ3) is 8.55. The van der Waals surface area contributed by atoms with Gasteiger partial charge >= 0.3 is 0 Å². The smallest absolute Gasteiger partial charge is 0.167 e. The number of nitrogens with zero attached hydrogens (tertiary/aromatic N) is 1. The van der Waals surface area contributed by atoms with Gasteiger partial charge in [-0.05, 0) is 93.0 Å². The SMILES string of the molecule is C=C(/C=C\C=C/C)/C(CCCO)=C(/c1c#cc(O)cc1)[C@@H](C)/C=C\C(=C/C)C1=CCN(C(C)C)CC1. The van der Waals surface area contributed by atoms with Crippen molar-refractivity contribution >= 4 is 5.57 Å². The summed E-state index contributed by atoms with van der Waals surface area (Å²) in [4.78, 5) is 2.49. The number of allylic oxidation sites excluding steroid dienone is 11. The molecule has 1 aromatic rings. The van der Waals surface area contributed by atoms with Crippen molar-refractivity contribution in [3.63, 3.8) is 0 Å². The zero-order valence-electron chi connectivity index (χ0n) is 22.7. The highest BCUT2D eigenvalue weighted by atomic mass is 16.3. The molecule has 0 radical (unpaired) electrons. The molecule has 1 heterocycles. The number of aromatic hydroxyl groups is 1. The summed E-state index contributed by atoms with van der Waals surface area (Å²) in [6, 6.07) is 10.0. The zero-order valence-corrected chi connectivity index (χ0v) is 22.7. The molecule has 1 atom stereocenters. The lowest BCUT2D eigenvalue weighted by molar-refractivity contribution is 0.240. The lowest BCUT2D eigenvalue weighted by atomic mass is 9.84. The van der Waals surface area contributed by atoms with Crippen LogP contribution in [0.1, 0.15) is 59.4 Å². The largest absolute Gasteiger partial charge is 0.501 e. The van der Waals surface area contributed by atoms with E-state index in [2.05, 4.69) is 75.6 Å². The van der Waals surface area contributed by atoms with Crippen LogP contribution >= 0.6 is 0 Å². The lowest BCUT2D eigenvalue weighted by Crippen LogP contribution is -2.34. The predicted octanol–water partition coefficient (Wildman–Crippen LogP) is 7.39. The average Bonchev–Trinajstić information content (AvgIpc) is 2.88. The first-order valence-electron chi connectivity index (χ1n) is 13.1. The summed E-state index contributed by atoms with van der Waals surface area (Å²) in [5.74, 6) is 0.131. The summed E-state index contributed by atoms with van der Waals surface area (Å²) in [6.45, 7) is 17.3. The van der Waals surface area contributed by atoms with Gasteiger partial charge in [0.25, 0.3) is 0 Å². The van der Waals surface area contributed by atoms with Gasteiger partial charge in [-0.3, -0.25) is 4.90 Å². The monoisotopic (exact) mass is 485 g/mol. The van der Waals surface area contributed by atoms with Crippen molar-refractivity contribution in [2.75, 3.05) is 19.7 Å². The van der Waals surface area contributed by atoms with E-state index in [9.17, 15) is 10.2 Å². The molecule has 0 aliphatic carbocycles. The number of aliphatic hydroxyl groups is 1. The van der Waals surface area contributed by atoms with E-state index in [0.29, 0.717) is 18.9 Å². The molecule has 0 fully saturated rings. The van der Waals surface area contributed by atoms with Gasteiger partial charge in [0.05, 0.1) is 0 Å². The Hall–Kier alpha value is -3.06. The zero-order chi connectivity index (χ0) is 26.5. The van der Waals surface area contributed by atoms with Crippen molar-refractivity contribution in [1.82, 2.24) is 4.90 Å². The van der Waals surface area contributed by atoms with Crippen LogP contribution in [0, 0.1) is 18.1 Å². The molecule has 2 rings (SSSR count). The second kappa shape index (κ2) is 15.1. The molecule has 0 bridgehead atoms. The Labute approximate surface area is 219 Å². The molecule has 0 saturated heterocycles. The summed E-state index contributed by atoms with van der Waals surface area (Å²) in [6.07, 6.45) is 19.4. The first kappa shape index (κ1) is 29.2. The number of rotatable bonds is 12. The molecule has 0 unspecified atom stereocenters. The molecule has 3 heteroatoms. The highest BCUT2D eigenvalue weighted by molar-refractivity contribution is 5.75. The van der Waals surface area contributed by atoms with E-state index in [-0.39, 0.29) is 18.3 Å². The van der Waals surface area contributed by atoms with Gasteiger partial charge in [-0.1, -0.05) is 68.2 Å². The molecule has 192 valence electrons. The van der Waals surface area contributed by atoms with Crippen molar-refractivity contribution in [3.8, 4) is 5.75 Å². The summed E-state index contributed by atoms with van der Waals surface area (Å²) in [7, 11) is 0. The molecular formula is C33H43NO2. The Balaban J connectivity index is 2.47. The van der Waals surface area contributed by atoms with Crippen LogP contribution in [0.25, 0.3) is 5.57 Å². The first-order chi connectivity index (χ1) is 17.3. The minimum atomic E-state index is 0.0612. The molecule has 3 nitrogen and oxygen atoms in total. The Bertz CT molecular complexity index is 1030. The second-order valence-corrected chi connectivity index (χ2v) is 9.47. The van der Waals surface area contributed by atoms with Crippen LogP contribution in [-0.2, 0) is 0 Å². The van der Waals surface area contributed by atoms with Gasteiger partial charge in [0.1, 0.15) is 0 Å². The van der Waals surface area contributed by atoms with Gasteiger partial charge in [-0.15, -0.1) is 0 Å². The normalized spacial score (nSPS) is 17.1. The standard InChI is InChI=1S/C33H43NO2/c1-7-9-10-12-26(5)32(13-11-24-35)33(30-16-18-31(36)19-17-30)27(6)14-15-28(8-2)29-20-22-34(23-21-29)25(3)4/h7-10,12,14-16,18,20,25,27,35-36H,5,11,13,21-24H2,1-4,6H3/b9-7-,12-10-,15-14-,28-8+,33-32+/t27-/m0/s1. The highest BCUT2D eigenvalue weighted by Crippen LogP contribution is 2.34. The Kier molecular flexibility index (Phi) is 12.3. The van der Waals surface area contributed by atoms with Crippen molar-refractivity contribution in [2.45, 2.75) is 59.9 Å². The molecule has 1 aliphatic heterocycles. The van der Waals surface area contributed by atoms with Crippen LogP contribution in [0.5, 0.6) is 5.75 Å². The van der Waals surface area contributed by atoms with Crippen molar-refractivity contribution in [3.05, 3.63) is 107 Å². The van der Waals surface area contributed by atoms with Crippen LogP contribution in [-0.4, -0.2) is 40.9 Å². The Morgan fingerprint density at radius 3 is 2.47 bits per heavy atom. The average molecular weight is 486 g/mol. The van der Waals surface area contributed by atoms with Crippen molar-refractivity contribution in [1.29, 1.82) is 0 Å². The summed E-state index contributed by atoms with van der Waals surface area (Å²) in [5.41, 5.74) is 6.62. The van der Waals surface area contributed by atoms with E-state index < -0.39 is 0 Å². The highest BCUT2D eigenvalue weighted by Gasteiger charge is 2.18. The van der Waals surface area contributed by atoms with E-state index in [1.54, 1.807) is 6.07 Å². The van der Waals surface area contributed by atoms with E-state index in [1.165, 1.54) is 11.1 Å². The molecule has 2 N–H and O–H groups in total. The molecule has 0 amide bonds. The van der Waals surface area contributed by atoms with Gasteiger partial charge in [0.15, 0.2) is 5.75 Å². The van der Waals surface area contributed by atoms with Gasteiger partial charge in [0.2, 0.25) is 0 Å². The summed E-state index contributed by atoms with van der Waals surface area (Å²) in [5, 5.41) is 19.4. The van der Waals surface area contributed by atoms with Gasteiger partial charge in [-0.2, -0.15) is 0 Å².